The van der Waals surface area contributed by atoms with E-state index in [0.717, 1.165) is 12.8 Å². The Morgan fingerprint density at radius 1 is 1.16 bits per heavy atom. The molecule has 0 aliphatic carbocycles. The second-order valence-electron chi connectivity index (χ2n) is 10.6. The van der Waals surface area contributed by atoms with Gasteiger partial charge in [-0.3, -0.25) is 9.10 Å². The molecular weight excluding hydrogens is 508 g/mol. The summed E-state index contributed by atoms with van der Waals surface area (Å²) in [6.07, 6.45) is 1.33. The van der Waals surface area contributed by atoms with Crippen molar-refractivity contribution in [2.75, 3.05) is 43.8 Å². The maximum Gasteiger partial charge on any atom is 0.264 e. The van der Waals surface area contributed by atoms with Crippen LogP contribution in [-0.4, -0.2) is 75.0 Å². The summed E-state index contributed by atoms with van der Waals surface area (Å²) in [4.78, 5) is 14.3. The topological polar surface area (TPSA) is 117 Å². The van der Waals surface area contributed by atoms with Gasteiger partial charge < -0.3 is 24.6 Å². The van der Waals surface area contributed by atoms with E-state index >= 15 is 0 Å². The third-order valence-corrected chi connectivity index (χ3v) is 8.77. The Labute approximate surface area is 225 Å². The van der Waals surface area contributed by atoms with Crippen LogP contribution in [0.25, 0.3) is 0 Å². The maximum atomic E-state index is 13.9. The Bertz CT molecular complexity index is 1240. The minimum atomic E-state index is -3.98. The molecule has 2 aromatic rings. The lowest BCUT2D eigenvalue weighted by Gasteiger charge is -2.36. The lowest BCUT2D eigenvalue weighted by Crippen LogP contribution is -2.53. The molecule has 0 spiro atoms. The van der Waals surface area contributed by atoms with Gasteiger partial charge >= 0.3 is 0 Å². The predicted octanol–water partition coefficient (Wildman–Crippen LogP) is 2.96. The molecule has 2 heterocycles. The zero-order valence-corrected chi connectivity index (χ0v) is 23.1. The van der Waals surface area contributed by atoms with Gasteiger partial charge in [-0.05, 0) is 73.6 Å². The Balaban J connectivity index is 1.59. The first-order valence-electron chi connectivity index (χ1n) is 13.1. The molecule has 2 aliphatic rings. The van der Waals surface area contributed by atoms with E-state index in [9.17, 15) is 23.4 Å². The van der Waals surface area contributed by atoms with Crippen molar-refractivity contribution in [1.82, 2.24) is 4.90 Å². The van der Waals surface area contributed by atoms with Gasteiger partial charge in [0, 0.05) is 44.0 Å². The zero-order chi connectivity index (χ0) is 27.4. The van der Waals surface area contributed by atoms with Crippen LogP contribution < -0.4 is 9.04 Å². The number of anilines is 1. The monoisotopic (exact) mass is 546 g/mol. The van der Waals surface area contributed by atoms with Crippen molar-refractivity contribution in [1.29, 1.82) is 0 Å². The smallest absolute Gasteiger partial charge is 0.264 e. The summed E-state index contributed by atoms with van der Waals surface area (Å²) in [5.41, 5.74) is 2.01. The summed E-state index contributed by atoms with van der Waals surface area (Å²) in [6.45, 7) is 8.07. The van der Waals surface area contributed by atoms with E-state index in [-0.39, 0.29) is 29.9 Å². The number of ether oxygens (including phenoxy) is 2. The summed E-state index contributed by atoms with van der Waals surface area (Å²) in [7, 11) is -3.98. The van der Waals surface area contributed by atoms with Crippen LogP contribution in [0.2, 0.25) is 0 Å². The van der Waals surface area contributed by atoms with Crippen LogP contribution in [0.15, 0.2) is 41.3 Å². The number of rotatable bonds is 10. The fraction of sp³-hybridized carbons (Fsp3) is 0.536. The number of carbonyl (C=O) groups excluding carboxylic acids is 1. The van der Waals surface area contributed by atoms with Crippen LogP contribution in [0.5, 0.6) is 5.75 Å². The highest BCUT2D eigenvalue weighted by Crippen LogP contribution is 2.32. The van der Waals surface area contributed by atoms with E-state index in [0.29, 0.717) is 67.0 Å². The highest BCUT2D eigenvalue weighted by Gasteiger charge is 2.31. The van der Waals surface area contributed by atoms with E-state index in [1.54, 1.807) is 36.1 Å². The Morgan fingerprint density at radius 3 is 2.47 bits per heavy atom. The van der Waals surface area contributed by atoms with Crippen molar-refractivity contribution < 1.29 is 32.9 Å². The molecule has 10 heteroatoms. The molecule has 2 aromatic carbocycles. The molecule has 0 bridgehead atoms. The fourth-order valence-electron chi connectivity index (χ4n) is 4.76. The molecule has 9 nitrogen and oxygen atoms in total. The maximum absolute atomic E-state index is 13.9. The second kappa shape index (κ2) is 12.0. The molecule has 0 radical (unpaired) electrons. The van der Waals surface area contributed by atoms with Gasteiger partial charge in [-0.25, -0.2) is 8.42 Å². The van der Waals surface area contributed by atoms with Crippen LogP contribution in [-0.2, 0) is 21.4 Å². The molecule has 0 atom stereocenters. The first-order valence-corrected chi connectivity index (χ1v) is 14.6. The van der Waals surface area contributed by atoms with Crippen molar-refractivity contribution >= 4 is 21.6 Å². The largest absolute Gasteiger partial charge is 0.493 e. The molecule has 0 unspecified atom stereocenters. The first kappa shape index (κ1) is 28.4. The number of carbonyl (C=O) groups is 1. The number of aryl methyl sites for hydroxylation is 1. The van der Waals surface area contributed by atoms with E-state index in [1.807, 2.05) is 13.8 Å². The fourth-order valence-corrected chi connectivity index (χ4v) is 6.50. The summed E-state index contributed by atoms with van der Waals surface area (Å²) in [5.74, 6) is 0.687. The van der Waals surface area contributed by atoms with E-state index in [1.165, 1.54) is 16.4 Å². The number of nitrogens with zero attached hydrogens (tertiary/aromatic N) is 2. The van der Waals surface area contributed by atoms with Crippen LogP contribution in [0.4, 0.5) is 5.69 Å². The van der Waals surface area contributed by atoms with Gasteiger partial charge in [-0.1, -0.05) is 13.8 Å². The number of benzene rings is 2. The summed E-state index contributed by atoms with van der Waals surface area (Å²) >= 11 is 0. The van der Waals surface area contributed by atoms with Crippen LogP contribution >= 0.6 is 0 Å². The Morgan fingerprint density at radius 2 is 1.87 bits per heavy atom. The molecule has 2 aliphatic heterocycles. The SMILES string of the molecule is Cc1cc(C(=O)N2CC(O)C2)ccc1N(CC(C)C)S(=O)(=O)c1ccc(OCC2CCOCC2)c(CO)c1. The van der Waals surface area contributed by atoms with Gasteiger partial charge in [-0.2, -0.15) is 0 Å². The molecule has 2 N–H and O–H groups in total. The standard InChI is InChI=1S/C28H38N2O7S/c1-19(2)14-30(26-6-4-22(12-20(26)3)28(33)29-15-24(32)16-29)38(34,35)25-5-7-27(23(13-25)17-31)37-18-21-8-10-36-11-9-21/h4-7,12-13,19,21,24,31-32H,8-11,14-18H2,1-3H3. The Kier molecular flexibility index (Phi) is 8.97. The number of sulfonamides is 1. The third kappa shape index (κ3) is 6.31. The average molecular weight is 547 g/mol. The lowest BCUT2D eigenvalue weighted by atomic mass is 10.0. The van der Waals surface area contributed by atoms with Gasteiger partial charge in [0.2, 0.25) is 0 Å². The number of aliphatic hydroxyl groups excluding tert-OH is 2. The summed E-state index contributed by atoms with van der Waals surface area (Å²) in [6, 6.07) is 9.59. The van der Waals surface area contributed by atoms with Gasteiger partial charge in [0.1, 0.15) is 5.75 Å². The molecule has 2 fully saturated rings. The zero-order valence-electron chi connectivity index (χ0n) is 22.3. The summed E-state index contributed by atoms with van der Waals surface area (Å²) in [5, 5.41) is 19.5. The third-order valence-electron chi connectivity index (χ3n) is 7.00. The number of β-amino-alcohol motifs (C(OH)–C–C–N with tert-alkyl or cyclic N) is 1. The van der Waals surface area contributed by atoms with Crippen LogP contribution in [0, 0.1) is 18.8 Å². The summed E-state index contributed by atoms with van der Waals surface area (Å²) < 4.78 is 40.5. The van der Waals surface area contributed by atoms with Crippen LogP contribution in [0.1, 0.15) is 48.2 Å². The number of hydrogen-bond acceptors (Lipinski definition) is 7. The number of aliphatic hydroxyl groups is 2. The van der Waals surface area contributed by atoms with E-state index in [2.05, 4.69) is 0 Å². The van der Waals surface area contributed by atoms with Gasteiger partial charge in [0.15, 0.2) is 0 Å². The van der Waals surface area contributed by atoms with Gasteiger partial charge in [0.25, 0.3) is 15.9 Å². The minimum Gasteiger partial charge on any atom is -0.493 e. The van der Waals surface area contributed by atoms with Crippen molar-refractivity contribution in [2.45, 2.75) is 51.2 Å². The van der Waals surface area contributed by atoms with Crippen molar-refractivity contribution in [3.05, 3.63) is 53.1 Å². The van der Waals surface area contributed by atoms with Gasteiger partial charge in [-0.15, -0.1) is 0 Å². The molecule has 0 saturated carbocycles. The van der Waals surface area contributed by atoms with Crippen LogP contribution in [0.3, 0.4) is 0 Å². The van der Waals surface area contributed by atoms with E-state index in [4.69, 9.17) is 9.47 Å². The highest BCUT2D eigenvalue weighted by molar-refractivity contribution is 7.92. The normalized spacial score (nSPS) is 16.9. The predicted molar refractivity (Wildman–Crippen MR) is 144 cm³/mol. The number of amides is 1. The quantitative estimate of drug-likeness (QED) is 0.471. The van der Waals surface area contributed by atoms with Gasteiger partial charge in [0.05, 0.1) is 29.9 Å². The molecule has 4 rings (SSSR count). The molecule has 208 valence electrons. The van der Waals surface area contributed by atoms with E-state index < -0.39 is 16.1 Å². The van der Waals surface area contributed by atoms with Crippen molar-refractivity contribution in [2.24, 2.45) is 11.8 Å². The lowest BCUT2D eigenvalue weighted by molar-refractivity contribution is 0.00589. The highest BCUT2D eigenvalue weighted by atomic mass is 32.2. The number of likely N-dealkylation sites (tertiary alicyclic amines) is 1. The molecule has 0 aromatic heterocycles. The molecular formula is C28H38N2O7S. The van der Waals surface area contributed by atoms with Crippen molar-refractivity contribution in [3.8, 4) is 5.75 Å². The minimum absolute atomic E-state index is 0.0347. The molecule has 38 heavy (non-hydrogen) atoms. The first-order chi connectivity index (χ1) is 18.1. The average Bonchev–Trinajstić information content (AvgIpc) is 2.88. The molecule has 1 amide bonds. The Hall–Kier alpha value is -2.66. The second-order valence-corrected chi connectivity index (χ2v) is 12.5. The molecule has 2 saturated heterocycles. The number of hydrogen-bond donors (Lipinski definition) is 2. The van der Waals surface area contributed by atoms with Crippen molar-refractivity contribution in [3.63, 3.8) is 0 Å².